The van der Waals surface area contributed by atoms with Gasteiger partial charge in [-0.25, -0.2) is 0 Å². The van der Waals surface area contributed by atoms with Gasteiger partial charge >= 0.3 is 0 Å². The molecule has 0 saturated carbocycles. The minimum Gasteiger partial charge on any atom is -0.497 e. The molecule has 0 radical (unpaired) electrons. The minimum atomic E-state index is -0.432. The molecular weight excluding hydrogens is 216 g/mol. The van der Waals surface area contributed by atoms with Gasteiger partial charge < -0.3 is 10.1 Å². The van der Waals surface area contributed by atoms with Crippen LogP contribution in [0.5, 0.6) is 5.75 Å². The highest BCUT2D eigenvalue weighted by atomic mass is 16.5. The van der Waals surface area contributed by atoms with Gasteiger partial charge in [0.2, 0.25) is 5.91 Å². The number of nitrogens with one attached hydrogen (secondary N) is 1. The van der Waals surface area contributed by atoms with Crippen molar-refractivity contribution in [2.24, 2.45) is 0 Å². The smallest absolute Gasteiger partial charge is 0.221 e. The molecule has 0 aliphatic heterocycles. The van der Waals surface area contributed by atoms with E-state index in [0.717, 1.165) is 11.3 Å². The van der Waals surface area contributed by atoms with E-state index >= 15 is 0 Å². The number of carbonyl (C=O) groups is 1. The van der Waals surface area contributed by atoms with Crippen molar-refractivity contribution < 1.29 is 9.53 Å². The van der Waals surface area contributed by atoms with Gasteiger partial charge in [-0.1, -0.05) is 12.1 Å². The number of benzene rings is 1. The second kappa shape index (κ2) is 6.54. The van der Waals surface area contributed by atoms with Crippen molar-refractivity contribution in [3.05, 3.63) is 29.8 Å². The molecule has 0 aliphatic rings. The van der Waals surface area contributed by atoms with Crippen LogP contribution in [-0.4, -0.2) is 19.1 Å². The Morgan fingerprint density at radius 1 is 1.47 bits per heavy atom. The molecule has 1 aromatic carbocycles. The first-order valence-corrected chi connectivity index (χ1v) is 5.47. The van der Waals surface area contributed by atoms with Crippen LogP contribution in [0.15, 0.2) is 24.3 Å². The van der Waals surface area contributed by atoms with Crippen LogP contribution < -0.4 is 10.1 Å². The van der Waals surface area contributed by atoms with Gasteiger partial charge in [-0.2, -0.15) is 5.26 Å². The molecule has 1 amide bonds. The van der Waals surface area contributed by atoms with Crippen LogP contribution in [0.3, 0.4) is 0 Å². The summed E-state index contributed by atoms with van der Waals surface area (Å²) in [5.41, 5.74) is 1.07. The van der Waals surface area contributed by atoms with E-state index in [0.29, 0.717) is 12.8 Å². The summed E-state index contributed by atoms with van der Waals surface area (Å²) in [4.78, 5) is 11.4. The fourth-order valence-corrected chi connectivity index (χ4v) is 1.40. The molecule has 0 aromatic heterocycles. The second-order valence-corrected chi connectivity index (χ2v) is 3.77. The Hall–Kier alpha value is -2.02. The van der Waals surface area contributed by atoms with E-state index in [1.807, 2.05) is 30.3 Å². The van der Waals surface area contributed by atoms with Crippen molar-refractivity contribution in [1.82, 2.24) is 5.32 Å². The van der Waals surface area contributed by atoms with Crippen LogP contribution in [0.4, 0.5) is 0 Å². The summed E-state index contributed by atoms with van der Waals surface area (Å²) in [6, 6.07) is 9.12. The van der Waals surface area contributed by atoms with E-state index < -0.39 is 6.04 Å². The van der Waals surface area contributed by atoms with Crippen molar-refractivity contribution in [3.8, 4) is 11.8 Å². The quantitative estimate of drug-likeness (QED) is 0.839. The second-order valence-electron chi connectivity index (χ2n) is 3.77. The molecule has 1 unspecified atom stereocenters. The molecule has 4 nitrogen and oxygen atoms in total. The molecule has 17 heavy (non-hydrogen) atoms. The first-order valence-electron chi connectivity index (χ1n) is 5.47. The Morgan fingerprint density at radius 3 is 2.65 bits per heavy atom. The van der Waals surface area contributed by atoms with Gasteiger partial charge in [-0.3, -0.25) is 4.79 Å². The average molecular weight is 232 g/mol. The van der Waals surface area contributed by atoms with E-state index in [1.165, 1.54) is 0 Å². The first-order chi connectivity index (χ1) is 8.15. The molecule has 0 aliphatic carbocycles. The van der Waals surface area contributed by atoms with Crippen molar-refractivity contribution in [3.63, 3.8) is 0 Å². The van der Waals surface area contributed by atoms with Crippen LogP contribution >= 0.6 is 0 Å². The number of carbonyl (C=O) groups excluding carboxylic acids is 1. The molecule has 1 aromatic rings. The number of hydrogen-bond donors (Lipinski definition) is 1. The lowest BCUT2D eigenvalue weighted by Crippen LogP contribution is -2.31. The lowest BCUT2D eigenvalue weighted by molar-refractivity contribution is -0.121. The normalized spacial score (nSPS) is 11.4. The highest BCUT2D eigenvalue weighted by Gasteiger charge is 2.06. The van der Waals surface area contributed by atoms with Gasteiger partial charge in [0.25, 0.3) is 0 Å². The predicted octanol–water partition coefficient (Wildman–Crippen LogP) is 1.66. The molecule has 1 N–H and O–H groups in total. The summed E-state index contributed by atoms with van der Waals surface area (Å²) >= 11 is 0. The molecule has 90 valence electrons. The number of aryl methyl sites for hydroxylation is 1. The van der Waals surface area contributed by atoms with Gasteiger partial charge in [-0.15, -0.1) is 0 Å². The summed E-state index contributed by atoms with van der Waals surface area (Å²) < 4.78 is 5.05. The number of methoxy groups -OCH3 is 1. The SMILES string of the molecule is COc1ccc(CCC(=O)NC(C)C#N)cc1. The molecule has 1 rings (SSSR count). The molecular formula is C13H16N2O2. The van der Waals surface area contributed by atoms with E-state index in [1.54, 1.807) is 14.0 Å². The molecule has 0 spiro atoms. The zero-order chi connectivity index (χ0) is 12.7. The van der Waals surface area contributed by atoms with Crippen molar-refractivity contribution in [1.29, 1.82) is 5.26 Å². The fraction of sp³-hybridized carbons (Fsp3) is 0.385. The van der Waals surface area contributed by atoms with Crippen molar-refractivity contribution in [2.75, 3.05) is 7.11 Å². The Labute approximate surface area is 101 Å². The summed E-state index contributed by atoms with van der Waals surface area (Å²) in [5, 5.41) is 11.1. The maximum absolute atomic E-state index is 11.4. The Morgan fingerprint density at radius 2 is 2.12 bits per heavy atom. The molecule has 0 heterocycles. The summed E-state index contributed by atoms with van der Waals surface area (Å²) in [7, 11) is 1.62. The van der Waals surface area contributed by atoms with Gasteiger partial charge in [0, 0.05) is 6.42 Å². The zero-order valence-electron chi connectivity index (χ0n) is 10.1. The third-order valence-electron chi connectivity index (χ3n) is 2.37. The Balaban J connectivity index is 2.40. The van der Waals surface area contributed by atoms with Crippen LogP contribution in [0.2, 0.25) is 0 Å². The highest BCUT2D eigenvalue weighted by molar-refractivity contribution is 5.76. The summed E-state index contributed by atoms with van der Waals surface area (Å²) in [5.74, 6) is 0.700. The van der Waals surface area contributed by atoms with Gasteiger partial charge in [0.1, 0.15) is 11.8 Å². The van der Waals surface area contributed by atoms with Gasteiger partial charge in [-0.05, 0) is 31.0 Å². The van der Waals surface area contributed by atoms with E-state index in [2.05, 4.69) is 5.32 Å². The van der Waals surface area contributed by atoms with Crippen LogP contribution in [0, 0.1) is 11.3 Å². The number of rotatable bonds is 5. The topological polar surface area (TPSA) is 62.1 Å². The molecule has 4 heteroatoms. The molecule has 0 bridgehead atoms. The Bertz CT molecular complexity index is 406. The predicted molar refractivity (Wildman–Crippen MR) is 64.5 cm³/mol. The van der Waals surface area contributed by atoms with E-state index in [-0.39, 0.29) is 5.91 Å². The highest BCUT2D eigenvalue weighted by Crippen LogP contribution is 2.12. The van der Waals surface area contributed by atoms with E-state index in [9.17, 15) is 4.79 Å². The lowest BCUT2D eigenvalue weighted by atomic mass is 10.1. The largest absolute Gasteiger partial charge is 0.497 e. The molecule has 0 fully saturated rings. The maximum atomic E-state index is 11.4. The number of nitrogens with zero attached hydrogens (tertiary/aromatic N) is 1. The number of amides is 1. The van der Waals surface area contributed by atoms with Crippen LogP contribution in [0.1, 0.15) is 18.9 Å². The molecule has 1 atom stereocenters. The number of hydrogen-bond acceptors (Lipinski definition) is 3. The fourth-order valence-electron chi connectivity index (χ4n) is 1.40. The summed E-state index contributed by atoms with van der Waals surface area (Å²) in [6.45, 7) is 1.66. The Kier molecular flexibility index (Phi) is 5.02. The lowest BCUT2D eigenvalue weighted by Gasteiger charge is -2.06. The van der Waals surface area contributed by atoms with Crippen molar-refractivity contribution in [2.45, 2.75) is 25.8 Å². The van der Waals surface area contributed by atoms with Crippen LogP contribution in [0.25, 0.3) is 0 Å². The van der Waals surface area contributed by atoms with Crippen LogP contribution in [-0.2, 0) is 11.2 Å². The molecule has 0 saturated heterocycles. The number of nitriles is 1. The zero-order valence-corrected chi connectivity index (χ0v) is 10.1. The third kappa shape index (κ3) is 4.56. The minimum absolute atomic E-state index is 0.102. The van der Waals surface area contributed by atoms with E-state index in [4.69, 9.17) is 10.00 Å². The van der Waals surface area contributed by atoms with Gasteiger partial charge in [0.05, 0.1) is 13.2 Å². The number of ether oxygens (including phenoxy) is 1. The monoisotopic (exact) mass is 232 g/mol. The first kappa shape index (κ1) is 13.0. The van der Waals surface area contributed by atoms with Gasteiger partial charge in [0.15, 0.2) is 0 Å². The summed E-state index contributed by atoms with van der Waals surface area (Å²) in [6.07, 6.45) is 1.05. The maximum Gasteiger partial charge on any atom is 0.221 e. The van der Waals surface area contributed by atoms with Crippen molar-refractivity contribution >= 4 is 5.91 Å². The standard InChI is InChI=1S/C13H16N2O2/c1-10(9-14)15-13(16)8-5-11-3-6-12(17-2)7-4-11/h3-4,6-7,10H,5,8H2,1-2H3,(H,15,16). The average Bonchev–Trinajstić information content (AvgIpc) is 2.36. The third-order valence-corrected chi connectivity index (χ3v) is 2.37.